The Morgan fingerprint density at radius 1 is 1.15 bits per heavy atom. The van der Waals surface area contributed by atoms with E-state index in [2.05, 4.69) is 5.32 Å². The first-order valence-electron chi connectivity index (χ1n) is 10.9. The van der Waals surface area contributed by atoms with Gasteiger partial charge in [-0.3, -0.25) is 34.2 Å². The van der Waals surface area contributed by atoms with Crippen molar-refractivity contribution < 1.29 is 33.4 Å². The molecule has 2 heterocycles. The van der Waals surface area contributed by atoms with Gasteiger partial charge in [0.25, 0.3) is 11.8 Å². The van der Waals surface area contributed by atoms with Crippen LogP contribution in [0.2, 0.25) is 0 Å². The SMILES string of the molecule is CC(C)(C)OC(=O)CCOCCCSc1cccc2c1C(=O)N(C1CCC(=O)NC1=O)C2=O. The molecule has 2 aliphatic heterocycles. The van der Waals surface area contributed by atoms with Crippen LogP contribution in [0.1, 0.15) is 67.2 Å². The van der Waals surface area contributed by atoms with Crippen molar-refractivity contribution in [1.29, 1.82) is 0 Å². The molecule has 0 radical (unpaired) electrons. The molecule has 2 aliphatic rings. The van der Waals surface area contributed by atoms with Crippen LogP contribution in [-0.4, -0.2) is 65.1 Å². The summed E-state index contributed by atoms with van der Waals surface area (Å²) >= 11 is 1.43. The van der Waals surface area contributed by atoms with Gasteiger partial charge in [-0.05, 0) is 45.7 Å². The van der Waals surface area contributed by atoms with Gasteiger partial charge in [0.1, 0.15) is 11.6 Å². The molecule has 33 heavy (non-hydrogen) atoms. The molecule has 1 aromatic rings. The van der Waals surface area contributed by atoms with E-state index in [9.17, 15) is 24.0 Å². The highest BCUT2D eigenvalue weighted by Gasteiger charge is 2.45. The third-order valence-corrected chi connectivity index (χ3v) is 6.14. The fraction of sp³-hybridized carbons (Fsp3) is 0.522. The number of thioether (sulfide) groups is 1. The Kier molecular flexibility index (Phi) is 7.91. The number of imide groups is 2. The molecule has 0 aliphatic carbocycles. The summed E-state index contributed by atoms with van der Waals surface area (Å²) in [6.07, 6.45) is 1.07. The standard InChI is InChI=1S/C23H28N2O7S/c1-23(2,3)32-18(27)10-12-31-11-5-13-33-16-7-4-6-14-19(16)22(30)25(21(14)29)15-8-9-17(26)24-20(15)28/h4,6-7,15H,5,8-13H2,1-3H3,(H,24,26,28). The van der Waals surface area contributed by atoms with E-state index in [1.165, 1.54) is 11.8 Å². The average Bonchev–Trinajstić information content (AvgIpc) is 2.97. The third-order valence-electron chi connectivity index (χ3n) is 4.99. The lowest BCUT2D eigenvalue weighted by atomic mass is 10.0. The Labute approximate surface area is 196 Å². The van der Waals surface area contributed by atoms with Crippen LogP contribution in [0.15, 0.2) is 23.1 Å². The van der Waals surface area contributed by atoms with E-state index >= 15 is 0 Å². The number of piperidine rings is 1. The minimum atomic E-state index is -0.980. The van der Waals surface area contributed by atoms with Crippen molar-refractivity contribution in [3.05, 3.63) is 29.3 Å². The number of benzene rings is 1. The topological polar surface area (TPSA) is 119 Å². The highest BCUT2D eigenvalue weighted by atomic mass is 32.2. The van der Waals surface area contributed by atoms with Gasteiger partial charge in [-0.2, -0.15) is 0 Å². The molecule has 1 unspecified atom stereocenters. The van der Waals surface area contributed by atoms with Gasteiger partial charge in [-0.25, -0.2) is 0 Å². The lowest BCUT2D eigenvalue weighted by molar-refractivity contribution is -0.156. The second-order valence-corrected chi connectivity index (χ2v) is 9.91. The summed E-state index contributed by atoms with van der Waals surface area (Å²) < 4.78 is 10.7. The van der Waals surface area contributed by atoms with Crippen molar-refractivity contribution in [1.82, 2.24) is 10.2 Å². The van der Waals surface area contributed by atoms with Gasteiger partial charge in [-0.1, -0.05) is 6.07 Å². The van der Waals surface area contributed by atoms with Gasteiger partial charge in [0.15, 0.2) is 0 Å². The quantitative estimate of drug-likeness (QED) is 0.250. The summed E-state index contributed by atoms with van der Waals surface area (Å²) in [6, 6.07) is 4.07. The van der Waals surface area contributed by atoms with Gasteiger partial charge in [0.05, 0.1) is 24.2 Å². The molecule has 1 aromatic carbocycles. The second-order valence-electron chi connectivity index (χ2n) is 8.78. The highest BCUT2D eigenvalue weighted by Crippen LogP contribution is 2.34. The van der Waals surface area contributed by atoms with Gasteiger partial charge in [0, 0.05) is 23.7 Å². The molecule has 0 spiro atoms. The van der Waals surface area contributed by atoms with Gasteiger partial charge in [0.2, 0.25) is 11.8 Å². The monoisotopic (exact) mass is 476 g/mol. The number of carbonyl (C=O) groups excluding carboxylic acids is 5. The number of rotatable bonds is 9. The van der Waals surface area contributed by atoms with Crippen LogP contribution < -0.4 is 5.32 Å². The number of esters is 1. The first kappa shape index (κ1) is 24.9. The first-order valence-corrected chi connectivity index (χ1v) is 11.8. The van der Waals surface area contributed by atoms with Crippen molar-refractivity contribution in [3.63, 3.8) is 0 Å². The molecule has 3 rings (SSSR count). The normalized spacial score (nSPS) is 18.4. The smallest absolute Gasteiger partial charge is 0.308 e. The summed E-state index contributed by atoms with van der Waals surface area (Å²) in [6.45, 7) is 6.15. The Morgan fingerprint density at radius 3 is 2.61 bits per heavy atom. The maximum atomic E-state index is 13.0. The van der Waals surface area contributed by atoms with Crippen LogP contribution in [-0.2, 0) is 23.9 Å². The number of hydrogen-bond donors (Lipinski definition) is 1. The molecule has 1 atom stereocenters. The second kappa shape index (κ2) is 10.5. The molecule has 4 amide bonds. The number of hydrogen-bond acceptors (Lipinski definition) is 8. The van der Waals surface area contributed by atoms with E-state index in [0.717, 1.165) is 4.90 Å². The summed E-state index contributed by atoms with van der Waals surface area (Å²) in [5, 5.41) is 2.19. The molecule has 1 N–H and O–H groups in total. The fourth-order valence-electron chi connectivity index (χ4n) is 3.60. The minimum Gasteiger partial charge on any atom is -0.460 e. The van der Waals surface area contributed by atoms with Crippen LogP contribution in [0, 0.1) is 0 Å². The van der Waals surface area contributed by atoms with Crippen molar-refractivity contribution in [2.24, 2.45) is 0 Å². The molecule has 9 nitrogen and oxygen atoms in total. The van der Waals surface area contributed by atoms with E-state index in [1.807, 2.05) is 20.8 Å². The molecule has 0 aromatic heterocycles. The largest absolute Gasteiger partial charge is 0.460 e. The van der Waals surface area contributed by atoms with Gasteiger partial charge < -0.3 is 9.47 Å². The Bertz CT molecular complexity index is 970. The van der Waals surface area contributed by atoms with Crippen LogP contribution in [0.25, 0.3) is 0 Å². The predicted octanol–water partition coefficient (Wildman–Crippen LogP) is 2.32. The Balaban J connectivity index is 1.50. The van der Waals surface area contributed by atoms with Crippen LogP contribution in [0.5, 0.6) is 0 Å². The van der Waals surface area contributed by atoms with Gasteiger partial charge in [-0.15, -0.1) is 11.8 Å². The summed E-state index contributed by atoms with van der Waals surface area (Å²) in [5.74, 6) is -1.72. The molecule has 0 saturated carbocycles. The zero-order valence-electron chi connectivity index (χ0n) is 19.0. The number of amides is 4. The van der Waals surface area contributed by atoms with E-state index < -0.39 is 35.3 Å². The van der Waals surface area contributed by atoms with Crippen molar-refractivity contribution in [2.75, 3.05) is 19.0 Å². The molecule has 0 bridgehead atoms. The average molecular weight is 477 g/mol. The number of fused-ring (bicyclic) bond motifs is 1. The lowest BCUT2D eigenvalue weighted by Gasteiger charge is -2.27. The van der Waals surface area contributed by atoms with Crippen LogP contribution in [0.3, 0.4) is 0 Å². The molecule has 1 saturated heterocycles. The van der Waals surface area contributed by atoms with E-state index in [4.69, 9.17) is 9.47 Å². The van der Waals surface area contributed by atoms with Gasteiger partial charge >= 0.3 is 5.97 Å². The number of nitrogens with one attached hydrogen (secondary N) is 1. The first-order chi connectivity index (χ1) is 15.6. The molecule has 1 fully saturated rings. The molecular formula is C23H28N2O7S. The lowest BCUT2D eigenvalue weighted by Crippen LogP contribution is -2.54. The predicted molar refractivity (Wildman–Crippen MR) is 120 cm³/mol. The molecule has 10 heteroatoms. The fourth-order valence-corrected chi connectivity index (χ4v) is 4.60. The van der Waals surface area contributed by atoms with Crippen molar-refractivity contribution in [2.45, 2.75) is 63.0 Å². The van der Waals surface area contributed by atoms with E-state index in [0.29, 0.717) is 29.2 Å². The Hall–Kier alpha value is -2.72. The Morgan fingerprint density at radius 2 is 1.91 bits per heavy atom. The van der Waals surface area contributed by atoms with Crippen molar-refractivity contribution >= 4 is 41.4 Å². The minimum absolute atomic E-state index is 0.0827. The van der Waals surface area contributed by atoms with Crippen LogP contribution in [0.4, 0.5) is 0 Å². The van der Waals surface area contributed by atoms with Crippen molar-refractivity contribution in [3.8, 4) is 0 Å². The van der Waals surface area contributed by atoms with E-state index in [1.54, 1.807) is 18.2 Å². The molecule has 178 valence electrons. The number of ether oxygens (including phenoxy) is 2. The number of carbonyl (C=O) groups is 5. The van der Waals surface area contributed by atoms with E-state index in [-0.39, 0.29) is 37.4 Å². The molecular weight excluding hydrogens is 448 g/mol. The van der Waals surface area contributed by atoms with Crippen LogP contribution >= 0.6 is 11.8 Å². The zero-order chi connectivity index (χ0) is 24.2. The summed E-state index contributed by atoms with van der Waals surface area (Å²) in [4.78, 5) is 62.8. The maximum absolute atomic E-state index is 13.0. The summed E-state index contributed by atoms with van der Waals surface area (Å²) in [5.41, 5.74) is 0.0439. The number of nitrogens with zero attached hydrogens (tertiary/aromatic N) is 1. The highest BCUT2D eigenvalue weighted by molar-refractivity contribution is 7.99. The maximum Gasteiger partial charge on any atom is 0.308 e. The third kappa shape index (κ3) is 6.20. The summed E-state index contributed by atoms with van der Waals surface area (Å²) in [7, 11) is 0. The zero-order valence-corrected chi connectivity index (χ0v) is 19.8.